The van der Waals surface area contributed by atoms with Gasteiger partial charge in [0, 0.05) is 0 Å². The number of benzene rings is 3. The number of allylic oxidation sites excluding steroid dienone is 1. The van der Waals surface area contributed by atoms with Crippen molar-refractivity contribution in [2.45, 2.75) is 62.5 Å². The molecule has 42 heavy (non-hydrogen) atoms. The highest BCUT2D eigenvalue weighted by Crippen LogP contribution is 2.50. The highest BCUT2D eigenvalue weighted by Gasteiger charge is 2.61. The second-order valence-electron chi connectivity index (χ2n) is 11.2. The minimum Gasteiger partial charge on any atom is -0.497 e. The molecule has 2 fully saturated rings. The number of carbonyl (C=O) groups is 1. The van der Waals surface area contributed by atoms with Gasteiger partial charge in [-0.1, -0.05) is 89.8 Å². The van der Waals surface area contributed by atoms with Crippen molar-refractivity contribution in [1.29, 1.82) is 0 Å². The van der Waals surface area contributed by atoms with Gasteiger partial charge in [0.25, 0.3) is 0 Å². The molecule has 4 atom stereocenters. The molecule has 2 heterocycles. The largest absolute Gasteiger partial charge is 0.497 e. The van der Waals surface area contributed by atoms with Crippen LogP contribution in [0.3, 0.4) is 0 Å². The summed E-state index contributed by atoms with van der Waals surface area (Å²) in [5.74, 6) is 1.30. The van der Waals surface area contributed by atoms with Crippen molar-refractivity contribution in [2.75, 3.05) is 13.7 Å². The van der Waals surface area contributed by atoms with Gasteiger partial charge in [-0.15, -0.1) is 0 Å². The first kappa shape index (κ1) is 30.1. The number of hydrogen-bond donors (Lipinski definition) is 0. The standard InChI is InChI=1S/C35H38BrNO5/c1-25(23-40-24-28-10-6-4-7-11-28)21-35(19-18-26(2)36)22-32-33(42-32)31(20-27-14-16-29(39-3)17-15-27)37(35)34(38)41-30-12-8-5-9-13-30/h4-17,31-33H,1-2,18-24H2,3H3/t31-,32-,33+,35+/m0/s1. The molecule has 0 N–H and O–H groups in total. The Bertz CT molecular complexity index is 1360. The number of hydrogen-bond acceptors (Lipinski definition) is 5. The Morgan fingerprint density at radius 3 is 2.33 bits per heavy atom. The summed E-state index contributed by atoms with van der Waals surface area (Å²) in [4.78, 5) is 16.2. The van der Waals surface area contributed by atoms with Crippen LogP contribution in [0.4, 0.5) is 4.79 Å². The van der Waals surface area contributed by atoms with Gasteiger partial charge in [-0.3, -0.25) is 4.90 Å². The lowest BCUT2D eigenvalue weighted by Gasteiger charge is -2.50. The van der Waals surface area contributed by atoms with E-state index in [1.54, 1.807) is 19.2 Å². The number of nitrogens with zero attached hydrogens (tertiary/aromatic N) is 1. The van der Waals surface area contributed by atoms with Crippen molar-refractivity contribution in [3.63, 3.8) is 0 Å². The molecule has 2 saturated heterocycles. The van der Waals surface area contributed by atoms with Crippen LogP contribution in [-0.2, 0) is 22.5 Å². The molecule has 2 aliphatic heterocycles. The summed E-state index contributed by atoms with van der Waals surface area (Å²) in [6.07, 6.45) is 2.89. The average Bonchev–Trinajstić information content (AvgIpc) is 3.77. The Morgan fingerprint density at radius 1 is 0.976 bits per heavy atom. The van der Waals surface area contributed by atoms with Gasteiger partial charge in [-0.2, -0.15) is 0 Å². The number of amides is 1. The third-order valence-corrected chi connectivity index (χ3v) is 8.43. The molecule has 1 amide bonds. The molecular weight excluding hydrogens is 594 g/mol. The SMILES string of the molecule is C=C(Br)CC[C@@]1(CC(=C)COCc2ccccc2)C[C@@H]2O[C@@H]2[C@H](Cc2ccc(OC)cc2)N1C(=O)Oc1ccccc1. The molecule has 0 saturated carbocycles. The second kappa shape index (κ2) is 13.7. The fourth-order valence-electron chi connectivity index (χ4n) is 6.05. The lowest BCUT2D eigenvalue weighted by molar-refractivity contribution is 0.0179. The minimum absolute atomic E-state index is 0.0571. The number of epoxide rings is 1. The van der Waals surface area contributed by atoms with E-state index in [9.17, 15) is 4.79 Å². The first-order valence-corrected chi connectivity index (χ1v) is 15.1. The van der Waals surface area contributed by atoms with E-state index < -0.39 is 5.54 Å². The summed E-state index contributed by atoms with van der Waals surface area (Å²) in [6.45, 7) is 9.39. The van der Waals surface area contributed by atoms with E-state index in [4.69, 9.17) is 18.9 Å². The summed E-state index contributed by atoms with van der Waals surface area (Å²) in [6, 6.07) is 27.1. The van der Waals surface area contributed by atoms with Crippen LogP contribution in [0.1, 0.15) is 36.8 Å². The molecule has 5 rings (SSSR count). The highest BCUT2D eigenvalue weighted by atomic mass is 79.9. The number of halogens is 1. The van der Waals surface area contributed by atoms with Gasteiger partial charge in [0.2, 0.25) is 0 Å². The lowest BCUT2D eigenvalue weighted by atomic mass is 9.75. The Hall–Kier alpha value is -3.39. The van der Waals surface area contributed by atoms with Crippen molar-refractivity contribution in [2.24, 2.45) is 0 Å². The van der Waals surface area contributed by atoms with Crippen LogP contribution in [0.15, 0.2) is 108 Å². The van der Waals surface area contributed by atoms with Gasteiger partial charge < -0.3 is 18.9 Å². The zero-order valence-electron chi connectivity index (χ0n) is 24.0. The smallest absolute Gasteiger partial charge is 0.416 e. The van der Waals surface area contributed by atoms with Gasteiger partial charge in [-0.05, 0) is 77.6 Å². The molecule has 0 aliphatic carbocycles. The van der Waals surface area contributed by atoms with E-state index in [1.807, 2.05) is 77.7 Å². The fraction of sp³-hybridized carbons (Fsp3) is 0.343. The van der Waals surface area contributed by atoms with Crippen LogP contribution < -0.4 is 9.47 Å². The number of piperidine rings is 1. The summed E-state index contributed by atoms with van der Waals surface area (Å²) in [5, 5.41) is 0. The molecule has 0 spiro atoms. The molecule has 0 unspecified atom stereocenters. The number of likely N-dealkylation sites (tertiary alicyclic amines) is 1. The quantitative estimate of drug-likeness (QED) is 0.142. The first-order valence-electron chi connectivity index (χ1n) is 14.3. The van der Waals surface area contributed by atoms with Gasteiger partial charge in [-0.25, -0.2) is 4.79 Å². The van der Waals surface area contributed by atoms with Gasteiger partial charge in [0.15, 0.2) is 0 Å². The minimum atomic E-state index is -0.593. The molecule has 2 aliphatic rings. The summed E-state index contributed by atoms with van der Waals surface area (Å²) < 4.78 is 24.6. The molecule has 220 valence electrons. The maximum atomic E-state index is 14.2. The van der Waals surface area contributed by atoms with Crippen molar-refractivity contribution in [1.82, 2.24) is 4.90 Å². The Morgan fingerprint density at radius 2 is 1.67 bits per heavy atom. The zero-order valence-corrected chi connectivity index (χ0v) is 25.6. The number of ether oxygens (including phenoxy) is 4. The fourth-order valence-corrected chi connectivity index (χ4v) is 6.25. The molecule has 0 radical (unpaired) electrons. The first-order chi connectivity index (χ1) is 20.4. The molecule has 7 heteroatoms. The summed E-state index contributed by atoms with van der Waals surface area (Å²) in [5.41, 5.74) is 2.53. The predicted octanol–water partition coefficient (Wildman–Crippen LogP) is 7.87. The predicted molar refractivity (Wildman–Crippen MR) is 168 cm³/mol. The Balaban J connectivity index is 1.43. The normalized spacial score (nSPS) is 22.6. The average molecular weight is 633 g/mol. The number of rotatable bonds is 13. The van der Waals surface area contributed by atoms with Crippen LogP contribution in [-0.4, -0.2) is 48.5 Å². The maximum Gasteiger partial charge on any atom is 0.416 e. The summed E-state index contributed by atoms with van der Waals surface area (Å²) in [7, 11) is 1.66. The molecule has 6 nitrogen and oxygen atoms in total. The van der Waals surface area contributed by atoms with Crippen LogP contribution in [0.5, 0.6) is 11.5 Å². The number of para-hydroxylation sites is 1. The topological polar surface area (TPSA) is 60.5 Å². The van der Waals surface area contributed by atoms with Crippen molar-refractivity contribution in [3.8, 4) is 11.5 Å². The number of fused-ring (bicyclic) bond motifs is 1. The highest BCUT2D eigenvalue weighted by molar-refractivity contribution is 9.11. The van der Waals surface area contributed by atoms with Gasteiger partial charge in [0.05, 0.1) is 38.0 Å². The van der Waals surface area contributed by atoms with Crippen LogP contribution in [0.2, 0.25) is 0 Å². The van der Waals surface area contributed by atoms with Crippen LogP contribution in [0.25, 0.3) is 0 Å². The van der Waals surface area contributed by atoms with Crippen molar-refractivity contribution < 1.29 is 23.7 Å². The second-order valence-corrected chi connectivity index (χ2v) is 12.3. The number of carbonyl (C=O) groups excluding carboxylic acids is 1. The number of methoxy groups -OCH3 is 1. The molecule has 3 aromatic carbocycles. The van der Waals surface area contributed by atoms with Gasteiger partial charge >= 0.3 is 6.09 Å². The van der Waals surface area contributed by atoms with E-state index in [-0.39, 0.29) is 24.3 Å². The van der Waals surface area contributed by atoms with E-state index in [0.29, 0.717) is 51.1 Å². The van der Waals surface area contributed by atoms with Crippen LogP contribution in [0, 0.1) is 0 Å². The molecule has 3 aromatic rings. The maximum absolute atomic E-state index is 14.2. The molecular formula is C35H38BrNO5. The van der Waals surface area contributed by atoms with E-state index in [1.165, 1.54) is 0 Å². The Labute approximate surface area is 257 Å². The monoisotopic (exact) mass is 631 g/mol. The van der Waals surface area contributed by atoms with Crippen molar-refractivity contribution in [3.05, 3.63) is 119 Å². The third kappa shape index (κ3) is 7.51. The third-order valence-electron chi connectivity index (χ3n) is 8.03. The lowest BCUT2D eigenvalue weighted by Crippen LogP contribution is -2.63. The molecule has 0 aromatic heterocycles. The van der Waals surface area contributed by atoms with Crippen molar-refractivity contribution >= 4 is 22.0 Å². The van der Waals surface area contributed by atoms with Gasteiger partial charge in [0.1, 0.15) is 17.6 Å². The zero-order chi connectivity index (χ0) is 29.5. The Kier molecular flexibility index (Phi) is 9.83. The van der Waals surface area contributed by atoms with Crippen LogP contribution >= 0.6 is 15.9 Å². The van der Waals surface area contributed by atoms with E-state index in [0.717, 1.165) is 26.9 Å². The van der Waals surface area contributed by atoms with E-state index in [2.05, 4.69) is 29.1 Å². The molecule has 0 bridgehead atoms. The summed E-state index contributed by atoms with van der Waals surface area (Å²) >= 11 is 3.56. The van der Waals surface area contributed by atoms with E-state index >= 15 is 0 Å².